The molecule has 0 aliphatic carbocycles. The van der Waals surface area contributed by atoms with Gasteiger partial charge in [-0.05, 0) is 37.0 Å². The first-order valence-electron chi connectivity index (χ1n) is 6.38. The van der Waals surface area contributed by atoms with Gasteiger partial charge >= 0.3 is 5.97 Å². The highest BCUT2D eigenvalue weighted by Crippen LogP contribution is 2.28. The van der Waals surface area contributed by atoms with Gasteiger partial charge in [0.25, 0.3) is 0 Å². The summed E-state index contributed by atoms with van der Waals surface area (Å²) in [7, 11) is 0. The Balaban J connectivity index is 2.05. The van der Waals surface area contributed by atoms with Gasteiger partial charge in [-0.1, -0.05) is 6.07 Å². The number of carbonyl (C=O) groups excluding carboxylic acids is 1. The highest BCUT2D eigenvalue weighted by atomic mass is 19.1. The van der Waals surface area contributed by atoms with Crippen molar-refractivity contribution < 1.29 is 19.1 Å². The fourth-order valence-corrected chi connectivity index (χ4v) is 2.30. The molecule has 1 heterocycles. The standard InChI is InChI=1S/C14H16FNO3/c15-11-6-4-10-5-7-13(17)16(12(10)9-11)8-2-1-3-14(18)19/h4,6,9H,1-3,5,7-8H2,(H,18,19). The van der Waals surface area contributed by atoms with E-state index in [9.17, 15) is 14.0 Å². The van der Waals surface area contributed by atoms with E-state index in [0.29, 0.717) is 37.9 Å². The van der Waals surface area contributed by atoms with Crippen LogP contribution in [0.3, 0.4) is 0 Å². The molecule has 1 aliphatic heterocycles. The van der Waals surface area contributed by atoms with Crippen LogP contribution in [0.1, 0.15) is 31.2 Å². The van der Waals surface area contributed by atoms with E-state index < -0.39 is 5.97 Å². The minimum atomic E-state index is -0.837. The van der Waals surface area contributed by atoms with Crippen LogP contribution < -0.4 is 4.90 Å². The molecule has 1 amide bonds. The quantitative estimate of drug-likeness (QED) is 0.831. The lowest BCUT2D eigenvalue weighted by Gasteiger charge is -2.29. The topological polar surface area (TPSA) is 57.6 Å². The number of carbonyl (C=O) groups is 2. The first-order chi connectivity index (χ1) is 9.08. The summed E-state index contributed by atoms with van der Waals surface area (Å²) in [6.45, 7) is 0.447. The lowest BCUT2D eigenvalue weighted by Crippen LogP contribution is -2.36. The first-order valence-corrected chi connectivity index (χ1v) is 6.38. The molecule has 0 fully saturated rings. The van der Waals surface area contributed by atoms with Crippen LogP contribution in [0.25, 0.3) is 0 Å². The molecule has 1 aromatic rings. The van der Waals surface area contributed by atoms with E-state index in [1.165, 1.54) is 12.1 Å². The van der Waals surface area contributed by atoms with Crippen molar-refractivity contribution in [2.24, 2.45) is 0 Å². The summed E-state index contributed by atoms with van der Waals surface area (Å²) in [6.07, 6.45) is 2.29. The van der Waals surface area contributed by atoms with E-state index in [1.807, 2.05) is 0 Å². The van der Waals surface area contributed by atoms with Crippen molar-refractivity contribution in [1.29, 1.82) is 0 Å². The maximum Gasteiger partial charge on any atom is 0.303 e. The third-order valence-corrected chi connectivity index (χ3v) is 3.27. The van der Waals surface area contributed by atoms with Crippen LogP contribution >= 0.6 is 0 Å². The van der Waals surface area contributed by atoms with Gasteiger partial charge in [0.05, 0.1) is 0 Å². The second kappa shape index (κ2) is 5.82. The Bertz CT molecular complexity index is 501. The van der Waals surface area contributed by atoms with Crippen molar-refractivity contribution in [3.05, 3.63) is 29.6 Å². The molecule has 0 aromatic heterocycles. The van der Waals surface area contributed by atoms with Gasteiger partial charge in [0.1, 0.15) is 5.82 Å². The van der Waals surface area contributed by atoms with Crippen molar-refractivity contribution in [3.63, 3.8) is 0 Å². The minimum absolute atomic E-state index is 0.0200. The molecule has 0 spiro atoms. The Kier molecular flexibility index (Phi) is 4.14. The molecule has 1 N–H and O–H groups in total. The van der Waals surface area contributed by atoms with Crippen LogP contribution in [0.15, 0.2) is 18.2 Å². The molecule has 0 unspecified atom stereocenters. The Morgan fingerprint density at radius 2 is 2.11 bits per heavy atom. The maximum absolute atomic E-state index is 13.3. The number of unbranched alkanes of at least 4 members (excludes halogenated alkanes) is 1. The van der Waals surface area contributed by atoms with Crippen LogP contribution in [-0.2, 0) is 16.0 Å². The second-order valence-electron chi connectivity index (χ2n) is 4.67. The third-order valence-electron chi connectivity index (χ3n) is 3.27. The fraction of sp³-hybridized carbons (Fsp3) is 0.429. The Hall–Kier alpha value is -1.91. The molecule has 0 saturated carbocycles. The average molecular weight is 265 g/mol. The molecular weight excluding hydrogens is 249 g/mol. The van der Waals surface area contributed by atoms with Crippen LogP contribution in [0, 0.1) is 5.82 Å². The summed E-state index contributed by atoms with van der Waals surface area (Å²) in [5.74, 6) is -1.21. The fourth-order valence-electron chi connectivity index (χ4n) is 2.30. The average Bonchev–Trinajstić information content (AvgIpc) is 2.36. The number of fused-ring (bicyclic) bond motifs is 1. The van der Waals surface area contributed by atoms with Gasteiger partial charge in [-0.25, -0.2) is 4.39 Å². The smallest absolute Gasteiger partial charge is 0.303 e. The van der Waals surface area contributed by atoms with Gasteiger partial charge in [0.2, 0.25) is 5.91 Å². The van der Waals surface area contributed by atoms with Gasteiger partial charge in [0.15, 0.2) is 0 Å². The number of hydrogen-bond donors (Lipinski definition) is 1. The predicted octanol–water partition coefficient (Wildman–Crippen LogP) is 2.36. The number of aliphatic carboxylic acids is 1. The van der Waals surface area contributed by atoms with Gasteiger partial charge in [-0.15, -0.1) is 0 Å². The number of benzene rings is 1. The molecule has 19 heavy (non-hydrogen) atoms. The monoisotopic (exact) mass is 265 g/mol. The molecule has 0 radical (unpaired) electrons. The molecule has 1 aliphatic rings. The Morgan fingerprint density at radius 1 is 1.32 bits per heavy atom. The molecule has 102 valence electrons. The van der Waals surface area contributed by atoms with E-state index in [2.05, 4.69) is 0 Å². The summed E-state index contributed by atoms with van der Waals surface area (Å²) in [6, 6.07) is 4.49. The van der Waals surface area contributed by atoms with E-state index in [1.54, 1.807) is 11.0 Å². The van der Waals surface area contributed by atoms with E-state index in [0.717, 1.165) is 5.56 Å². The van der Waals surface area contributed by atoms with E-state index in [4.69, 9.17) is 5.11 Å². The van der Waals surface area contributed by atoms with Crippen LogP contribution in [0.2, 0.25) is 0 Å². The molecule has 0 bridgehead atoms. The van der Waals surface area contributed by atoms with Crippen molar-refractivity contribution in [3.8, 4) is 0 Å². The molecule has 2 rings (SSSR count). The minimum Gasteiger partial charge on any atom is -0.481 e. The van der Waals surface area contributed by atoms with Gasteiger partial charge < -0.3 is 10.0 Å². The number of hydrogen-bond acceptors (Lipinski definition) is 2. The number of carboxylic acids is 1. The lowest BCUT2D eigenvalue weighted by molar-refractivity contribution is -0.137. The van der Waals surface area contributed by atoms with Crippen LogP contribution in [0.5, 0.6) is 0 Å². The highest BCUT2D eigenvalue weighted by Gasteiger charge is 2.23. The van der Waals surface area contributed by atoms with Crippen LogP contribution in [-0.4, -0.2) is 23.5 Å². The highest BCUT2D eigenvalue weighted by molar-refractivity contribution is 5.96. The number of amides is 1. The van der Waals surface area contributed by atoms with Gasteiger partial charge in [-0.3, -0.25) is 9.59 Å². The Labute approximate surface area is 110 Å². The SMILES string of the molecule is O=C(O)CCCCN1C(=O)CCc2ccc(F)cc21. The Morgan fingerprint density at radius 3 is 2.84 bits per heavy atom. The van der Waals surface area contributed by atoms with Crippen molar-refractivity contribution in [2.75, 3.05) is 11.4 Å². The molecule has 1 aromatic carbocycles. The second-order valence-corrected chi connectivity index (χ2v) is 4.67. The molecule has 0 saturated heterocycles. The first kappa shape index (κ1) is 13.5. The number of rotatable bonds is 5. The summed E-state index contributed by atoms with van der Waals surface area (Å²) in [4.78, 5) is 23.9. The summed E-state index contributed by atoms with van der Waals surface area (Å²) in [5.41, 5.74) is 1.60. The number of carboxylic acid groups (broad SMARTS) is 1. The zero-order chi connectivity index (χ0) is 13.8. The van der Waals surface area contributed by atoms with Crippen molar-refractivity contribution >= 4 is 17.6 Å². The van der Waals surface area contributed by atoms with Gasteiger partial charge in [0, 0.05) is 25.1 Å². The normalized spacial score (nSPS) is 14.4. The molecule has 0 atom stereocenters. The molecule has 5 heteroatoms. The van der Waals surface area contributed by atoms with E-state index >= 15 is 0 Å². The van der Waals surface area contributed by atoms with Crippen LogP contribution in [0.4, 0.5) is 10.1 Å². The number of aryl methyl sites for hydroxylation is 1. The van der Waals surface area contributed by atoms with Crippen molar-refractivity contribution in [1.82, 2.24) is 0 Å². The summed E-state index contributed by atoms with van der Waals surface area (Å²) < 4.78 is 13.3. The lowest BCUT2D eigenvalue weighted by atomic mass is 10.0. The van der Waals surface area contributed by atoms with E-state index in [-0.39, 0.29) is 18.1 Å². The number of nitrogens with zero attached hydrogens (tertiary/aromatic N) is 1. The number of anilines is 1. The zero-order valence-electron chi connectivity index (χ0n) is 10.6. The molecule has 4 nitrogen and oxygen atoms in total. The summed E-state index contributed by atoms with van der Waals surface area (Å²) >= 11 is 0. The third kappa shape index (κ3) is 3.30. The predicted molar refractivity (Wildman–Crippen MR) is 68.6 cm³/mol. The maximum atomic E-state index is 13.3. The largest absolute Gasteiger partial charge is 0.481 e. The van der Waals surface area contributed by atoms with Crippen molar-refractivity contribution in [2.45, 2.75) is 32.1 Å². The number of halogens is 1. The van der Waals surface area contributed by atoms with Gasteiger partial charge in [-0.2, -0.15) is 0 Å². The molecular formula is C14H16FNO3. The zero-order valence-corrected chi connectivity index (χ0v) is 10.6. The summed E-state index contributed by atoms with van der Waals surface area (Å²) in [5, 5.41) is 8.57.